The first-order valence-corrected chi connectivity index (χ1v) is 12.6. The molecule has 2 amide bonds. The Morgan fingerprint density at radius 3 is 2.52 bits per heavy atom. The van der Waals surface area contributed by atoms with E-state index in [0.29, 0.717) is 19.1 Å². The SMILES string of the molecule is CC(=O)N1Cc2ccccc2C2(CCN(CC3CCN(C(=O)O[C@@H]4CCOC4)CC3)CC2)C1. The summed E-state index contributed by atoms with van der Waals surface area (Å²) in [6.07, 6.45) is 4.85. The van der Waals surface area contributed by atoms with Gasteiger partial charge in [-0.2, -0.15) is 0 Å². The molecule has 7 heteroatoms. The lowest BCUT2D eigenvalue weighted by Crippen LogP contribution is -2.53. The number of hydrogen-bond donors (Lipinski definition) is 0. The molecule has 1 aromatic rings. The fraction of sp³-hybridized carbons (Fsp3) is 0.692. The second-order valence-electron chi connectivity index (χ2n) is 10.4. The zero-order valence-corrected chi connectivity index (χ0v) is 19.8. The third-order valence-corrected chi connectivity index (χ3v) is 8.25. The van der Waals surface area contributed by atoms with Gasteiger partial charge in [0.05, 0.1) is 13.2 Å². The van der Waals surface area contributed by atoms with E-state index in [2.05, 4.69) is 29.2 Å². The molecule has 0 aromatic heterocycles. The molecule has 0 saturated carbocycles. The Hall–Kier alpha value is -2.12. The van der Waals surface area contributed by atoms with Crippen molar-refractivity contribution in [3.05, 3.63) is 35.4 Å². The molecule has 180 valence electrons. The van der Waals surface area contributed by atoms with Crippen molar-refractivity contribution in [2.45, 2.75) is 57.1 Å². The van der Waals surface area contributed by atoms with Crippen molar-refractivity contribution in [2.24, 2.45) is 5.92 Å². The molecule has 0 unspecified atom stereocenters. The molecule has 1 atom stereocenters. The minimum atomic E-state index is -0.171. The molecule has 4 aliphatic heterocycles. The van der Waals surface area contributed by atoms with E-state index in [1.807, 2.05) is 9.80 Å². The van der Waals surface area contributed by atoms with Crippen LogP contribution in [0.25, 0.3) is 0 Å². The van der Waals surface area contributed by atoms with Gasteiger partial charge in [-0.15, -0.1) is 0 Å². The first kappa shape index (κ1) is 22.7. The van der Waals surface area contributed by atoms with Gasteiger partial charge in [0, 0.05) is 51.5 Å². The Bertz CT molecular complexity index is 853. The number of amides is 2. The molecule has 1 aromatic carbocycles. The molecule has 0 bridgehead atoms. The third-order valence-electron chi connectivity index (χ3n) is 8.25. The number of carbonyl (C=O) groups is 2. The molecule has 0 radical (unpaired) electrons. The summed E-state index contributed by atoms with van der Waals surface area (Å²) < 4.78 is 10.9. The number of nitrogens with zero attached hydrogens (tertiary/aromatic N) is 3. The van der Waals surface area contributed by atoms with Crippen LogP contribution in [0.3, 0.4) is 0 Å². The molecule has 4 aliphatic rings. The monoisotopic (exact) mass is 455 g/mol. The van der Waals surface area contributed by atoms with Gasteiger partial charge in [0.15, 0.2) is 0 Å². The number of likely N-dealkylation sites (tertiary alicyclic amines) is 2. The third kappa shape index (κ3) is 4.90. The Morgan fingerprint density at radius 1 is 1.06 bits per heavy atom. The van der Waals surface area contributed by atoms with Crippen LogP contribution in [-0.2, 0) is 26.2 Å². The van der Waals surface area contributed by atoms with Gasteiger partial charge in [-0.3, -0.25) is 4.79 Å². The van der Waals surface area contributed by atoms with Crippen LogP contribution in [0.1, 0.15) is 50.2 Å². The average Bonchev–Trinajstić information content (AvgIpc) is 3.34. The highest BCUT2D eigenvalue weighted by molar-refractivity contribution is 5.74. The van der Waals surface area contributed by atoms with Gasteiger partial charge in [-0.25, -0.2) is 4.79 Å². The molecule has 5 rings (SSSR count). The van der Waals surface area contributed by atoms with Crippen LogP contribution in [0.15, 0.2) is 24.3 Å². The predicted octanol–water partition coefficient (Wildman–Crippen LogP) is 3.02. The van der Waals surface area contributed by atoms with Gasteiger partial charge >= 0.3 is 6.09 Å². The zero-order valence-electron chi connectivity index (χ0n) is 19.8. The maximum absolute atomic E-state index is 12.4. The Balaban J connectivity index is 1.12. The predicted molar refractivity (Wildman–Crippen MR) is 125 cm³/mol. The number of carbonyl (C=O) groups excluding carboxylic acids is 2. The van der Waals surface area contributed by atoms with Crippen LogP contribution in [0, 0.1) is 5.92 Å². The molecule has 4 heterocycles. The smallest absolute Gasteiger partial charge is 0.410 e. The van der Waals surface area contributed by atoms with Gasteiger partial charge in [-0.1, -0.05) is 24.3 Å². The molecule has 0 aliphatic carbocycles. The van der Waals surface area contributed by atoms with E-state index in [9.17, 15) is 9.59 Å². The van der Waals surface area contributed by atoms with Crippen molar-refractivity contribution in [1.82, 2.24) is 14.7 Å². The lowest BCUT2D eigenvalue weighted by atomic mass is 9.68. The van der Waals surface area contributed by atoms with Crippen molar-refractivity contribution >= 4 is 12.0 Å². The standard InChI is InChI=1S/C26H37N3O4/c1-20(30)29-17-22-4-2-3-5-24(22)26(19-29)9-13-27(14-10-26)16-21-6-11-28(12-7-21)25(31)33-23-8-15-32-18-23/h2-5,21,23H,6-19H2,1H3/t23-/m1/s1. The molecule has 7 nitrogen and oxygen atoms in total. The van der Waals surface area contributed by atoms with Crippen molar-refractivity contribution < 1.29 is 19.1 Å². The fourth-order valence-corrected chi connectivity index (χ4v) is 6.19. The van der Waals surface area contributed by atoms with E-state index in [4.69, 9.17) is 9.47 Å². The molecular weight excluding hydrogens is 418 g/mol. The molecule has 1 spiro atoms. The van der Waals surface area contributed by atoms with Crippen molar-refractivity contribution in [3.63, 3.8) is 0 Å². The summed E-state index contributed by atoms with van der Waals surface area (Å²) in [5, 5.41) is 0. The van der Waals surface area contributed by atoms with Gasteiger partial charge < -0.3 is 24.2 Å². The minimum Gasteiger partial charge on any atom is -0.444 e. The molecule has 33 heavy (non-hydrogen) atoms. The van der Waals surface area contributed by atoms with Crippen molar-refractivity contribution in [1.29, 1.82) is 0 Å². The van der Waals surface area contributed by atoms with Gasteiger partial charge in [-0.05, 0) is 55.8 Å². The number of rotatable bonds is 3. The number of ether oxygens (including phenoxy) is 2. The van der Waals surface area contributed by atoms with Crippen LogP contribution in [0.4, 0.5) is 4.79 Å². The van der Waals surface area contributed by atoms with E-state index in [-0.39, 0.29) is 23.5 Å². The van der Waals surface area contributed by atoms with E-state index in [1.165, 1.54) is 11.1 Å². The first-order chi connectivity index (χ1) is 16.0. The fourth-order valence-electron chi connectivity index (χ4n) is 6.19. The van der Waals surface area contributed by atoms with E-state index in [0.717, 1.165) is 77.9 Å². The van der Waals surface area contributed by atoms with E-state index < -0.39 is 0 Å². The van der Waals surface area contributed by atoms with Crippen LogP contribution in [-0.4, -0.2) is 85.3 Å². The highest BCUT2D eigenvalue weighted by atomic mass is 16.6. The molecule has 0 N–H and O–H groups in total. The molecular formula is C26H37N3O4. The highest BCUT2D eigenvalue weighted by Crippen LogP contribution is 2.42. The second-order valence-corrected chi connectivity index (χ2v) is 10.4. The van der Waals surface area contributed by atoms with Crippen LogP contribution in [0.2, 0.25) is 0 Å². The summed E-state index contributed by atoms with van der Waals surface area (Å²) in [7, 11) is 0. The quantitative estimate of drug-likeness (QED) is 0.701. The van der Waals surface area contributed by atoms with Crippen LogP contribution < -0.4 is 0 Å². The summed E-state index contributed by atoms with van der Waals surface area (Å²) in [5.74, 6) is 0.808. The summed E-state index contributed by atoms with van der Waals surface area (Å²) in [6, 6.07) is 8.72. The number of hydrogen-bond acceptors (Lipinski definition) is 5. The van der Waals surface area contributed by atoms with Crippen LogP contribution >= 0.6 is 0 Å². The summed E-state index contributed by atoms with van der Waals surface area (Å²) >= 11 is 0. The Morgan fingerprint density at radius 2 is 1.82 bits per heavy atom. The van der Waals surface area contributed by atoms with E-state index >= 15 is 0 Å². The first-order valence-electron chi connectivity index (χ1n) is 12.6. The van der Waals surface area contributed by atoms with E-state index in [1.54, 1.807) is 6.92 Å². The van der Waals surface area contributed by atoms with Crippen LogP contribution in [0.5, 0.6) is 0 Å². The normalized spacial score (nSPS) is 25.8. The zero-order chi connectivity index (χ0) is 22.8. The number of benzene rings is 1. The highest BCUT2D eigenvalue weighted by Gasteiger charge is 2.42. The Kier molecular flexibility index (Phi) is 6.61. The maximum Gasteiger partial charge on any atom is 0.410 e. The van der Waals surface area contributed by atoms with Gasteiger partial charge in [0.2, 0.25) is 5.91 Å². The summed E-state index contributed by atoms with van der Waals surface area (Å²) in [6.45, 7) is 9.34. The molecule has 3 saturated heterocycles. The maximum atomic E-state index is 12.4. The second kappa shape index (κ2) is 9.63. The average molecular weight is 456 g/mol. The topological polar surface area (TPSA) is 62.3 Å². The summed E-state index contributed by atoms with van der Waals surface area (Å²) in [4.78, 5) is 31.1. The minimum absolute atomic E-state index is 0.0697. The number of fused-ring (bicyclic) bond motifs is 2. The number of piperidine rings is 2. The van der Waals surface area contributed by atoms with Crippen molar-refractivity contribution in [2.75, 3.05) is 52.5 Å². The lowest BCUT2D eigenvalue weighted by Gasteiger charge is -2.49. The lowest BCUT2D eigenvalue weighted by molar-refractivity contribution is -0.131. The van der Waals surface area contributed by atoms with Crippen molar-refractivity contribution in [3.8, 4) is 0 Å². The van der Waals surface area contributed by atoms with Gasteiger partial charge in [0.25, 0.3) is 0 Å². The largest absolute Gasteiger partial charge is 0.444 e. The molecule has 3 fully saturated rings. The van der Waals surface area contributed by atoms with Gasteiger partial charge in [0.1, 0.15) is 6.10 Å². The summed E-state index contributed by atoms with van der Waals surface area (Å²) in [5.41, 5.74) is 2.87. The Labute approximate surface area is 197 Å².